The number of hydrogen-bond donors (Lipinski definition) is 0. The van der Waals surface area contributed by atoms with E-state index in [1.807, 2.05) is 0 Å². The number of halogens is 1. The molecule has 0 aliphatic heterocycles. The first-order chi connectivity index (χ1) is 9.89. The van der Waals surface area contributed by atoms with Crippen LogP contribution in [0.3, 0.4) is 0 Å². The van der Waals surface area contributed by atoms with Gasteiger partial charge >= 0.3 is 0 Å². The molecule has 2 aromatic rings. The van der Waals surface area contributed by atoms with Gasteiger partial charge in [0.2, 0.25) is 0 Å². The Labute approximate surface area is 122 Å². The number of rotatable bonds is 6. The van der Waals surface area contributed by atoms with Gasteiger partial charge in [-0.1, -0.05) is 0 Å². The predicted octanol–water partition coefficient (Wildman–Crippen LogP) is 1.35. The van der Waals surface area contributed by atoms with Crippen LogP contribution in [0.4, 0.5) is 4.39 Å². The molecule has 0 unspecified atom stereocenters. The van der Waals surface area contributed by atoms with Gasteiger partial charge < -0.3 is 9.30 Å². The van der Waals surface area contributed by atoms with Crippen LogP contribution in [0.15, 0.2) is 41.8 Å². The molecule has 21 heavy (non-hydrogen) atoms. The first-order valence-corrected chi connectivity index (χ1v) is 7.66. The van der Waals surface area contributed by atoms with Crippen molar-refractivity contribution in [3.05, 3.63) is 42.6 Å². The van der Waals surface area contributed by atoms with Gasteiger partial charge in [0.15, 0.2) is 5.03 Å². The minimum absolute atomic E-state index is 0.00529. The fourth-order valence-corrected chi connectivity index (χ4v) is 2.40. The Balaban J connectivity index is 1.93. The lowest BCUT2D eigenvalue weighted by Crippen LogP contribution is -2.22. The lowest BCUT2D eigenvalue weighted by atomic mass is 10.3. The molecule has 0 aliphatic rings. The molecule has 1 aromatic carbocycles. The van der Waals surface area contributed by atoms with Crippen molar-refractivity contribution in [3.8, 4) is 5.75 Å². The summed E-state index contributed by atoms with van der Waals surface area (Å²) in [6.07, 6.45) is 2.88. The molecule has 0 radical (unpaired) electrons. The molecule has 114 valence electrons. The highest BCUT2D eigenvalue weighted by Crippen LogP contribution is 2.12. The average molecular weight is 313 g/mol. The van der Waals surface area contributed by atoms with E-state index < -0.39 is 10.0 Å². The van der Waals surface area contributed by atoms with Crippen LogP contribution in [0.25, 0.3) is 0 Å². The summed E-state index contributed by atoms with van der Waals surface area (Å²) in [7, 11) is -0.618. The Bertz CT molecular complexity index is 696. The summed E-state index contributed by atoms with van der Waals surface area (Å²) >= 11 is 0. The van der Waals surface area contributed by atoms with Gasteiger partial charge in [0.25, 0.3) is 10.0 Å². The van der Waals surface area contributed by atoms with Crippen LogP contribution in [0.1, 0.15) is 0 Å². The summed E-state index contributed by atoms with van der Waals surface area (Å²) in [4.78, 5) is 3.87. The van der Waals surface area contributed by atoms with Gasteiger partial charge in [0.05, 0.1) is 12.9 Å². The maximum absolute atomic E-state index is 12.7. The molecule has 1 aromatic heterocycles. The highest BCUT2D eigenvalue weighted by atomic mass is 32.2. The van der Waals surface area contributed by atoms with E-state index in [2.05, 4.69) is 4.98 Å². The smallest absolute Gasteiger partial charge is 0.261 e. The lowest BCUT2D eigenvalue weighted by Gasteiger charge is -2.08. The van der Waals surface area contributed by atoms with Crippen molar-refractivity contribution in [1.29, 1.82) is 0 Å². The molecule has 0 atom stereocenters. The topological polar surface area (TPSA) is 64.4 Å². The van der Waals surface area contributed by atoms with Gasteiger partial charge in [-0.05, 0) is 24.3 Å². The monoisotopic (exact) mass is 313 g/mol. The van der Waals surface area contributed by atoms with Gasteiger partial charge in [-0.25, -0.2) is 22.1 Å². The second-order valence-corrected chi connectivity index (χ2v) is 6.64. The maximum Gasteiger partial charge on any atom is 0.261 e. The number of imidazole rings is 1. The second kappa shape index (κ2) is 6.23. The fourth-order valence-electron chi connectivity index (χ4n) is 1.58. The minimum Gasteiger partial charge on any atom is -0.492 e. The summed E-state index contributed by atoms with van der Waals surface area (Å²) in [5.74, 6) is 0.230. The normalized spacial score (nSPS) is 11.8. The SMILES string of the molecule is CN(C)S(=O)(=O)c1cn(CCOc2ccc(F)cc2)cn1. The molecule has 0 aliphatic carbocycles. The van der Waals surface area contributed by atoms with E-state index >= 15 is 0 Å². The fraction of sp³-hybridized carbons (Fsp3) is 0.308. The Morgan fingerprint density at radius 3 is 2.57 bits per heavy atom. The molecule has 6 nitrogen and oxygen atoms in total. The molecular formula is C13H16FN3O3S. The first-order valence-electron chi connectivity index (χ1n) is 6.22. The number of benzene rings is 1. The van der Waals surface area contributed by atoms with Crippen molar-refractivity contribution in [2.45, 2.75) is 11.6 Å². The van der Waals surface area contributed by atoms with Crippen LogP contribution >= 0.6 is 0 Å². The number of ether oxygens (including phenoxy) is 1. The molecule has 0 fully saturated rings. The summed E-state index contributed by atoms with van der Waals surface area (Å²) in [5, 5.41) is -0.00529. The number of hydrogen-bond acceptors (Lipinski definition) is 4. The zero-order valence-electron chi connectivity index (χ0n) is 11.7. The van der Waals surface area contributed by atoms with Gasteiger partial charge in [-0.15, -0.1) is 0 Å². The summed E-state index contributed by atoms with van der Waals surface area (Å²) in [5.41, 5.74) is 0. The highest BCUT2D eigenvalue weighted by Gasteiger charge is 2.19. The van der Waals surface area contributed by atoms with E-state index in [0.717, 1.165) is 4.31 Å². The average Bonchev–Trinajstić information content (AvgIpc) is 2.90. The maximum atomic E-state index is 12.7. The third-order valence-electron chi connectivity index (χ3n) is 2.79. The third-order valence-corrected chi connectivity index (χ3v) is 4.49. The van der Waals surface area contributed by atoms with E-state index in [1.54, 1.807) is 4.57 Å². The molecule has 0 bridgehead atoms. The summed E-state index contributed by atoms with van der Waals surface area (Å²) in [6.45, 7) is 0.761. The van der Waals surface area contributed by atoms with Crippen LogP contribution < -0.4 is 4.74 Å². The molecule has 0 amide bonds. The molecule has 2 rings (SSSR count). The number of aromatic nitrogens is 2. The van der Waals surface area contributed by atoms with Gasteiger partial charge in [-0.3, -0.25) is 0 Å². The largest absolute Gasteiger partial charge is 0.492 e. The predicted molar refractivity (Wildman–Crippen MR) is 75.0 cm³/mol. The zero-order chi connectivity index (χ0) is 15.5. The Kier molecular flexibility index (Phi) is 4.59. The molecular weight excluding hydrogens is 297 g/mol. The van der Waals surface area contributed by atoms with E-state index in [0.29, 0.717) is 18.9 Å². The summed E-state index contributed by atoms with van der Waals surface area (Å²) in [6, 6.07) is 5.69. The lowest BCUT2D eigenvalue weighted by molar-refractivity contribution is 0.297. The molecule has 0 spiro atoms. The van der Waals surface area contributed by atoms with Crippen molar-refractivity contribution < 1.29 is 17.5 Å². The van der Waals surface area contributed by atoms with E-state index in [-0.39, 0.29) is 10.8 Å². The van der Waals surface area contributed by atoms with Crippen molar-refractivity contribution in [1.82, 2.24) is 13.9 Å². The highest BCUT2D eigenvalue weighted by molar-refractivity contribution is 7.89. The number of nitrogens with zero attached hydrogens (tertiary/aromatic N) is 3. The molecule has 0 saturated carbocycles. The first kappa shape index (κ1) is 15.5. The Hall–Kier alpha value is -1.93. The van der Waals surface area contributed by atoms with Gasteiger partial charge in [0.1, 0.15) is 18.2 Å². The van der Waals surface area contributed by atoms with E-state index in [4.69, 9.17) is 4.74 Å². The zero-order valence-corrected chi connectivity index (χ0v) is 12.5. The van der Waals surface area contributed by atoms with Crippen LogP contribution in [-0.2, 0) is 16.6 Å². The Morgan fingerprint density at radius 1 is 1.29 bits per heavy atom. The third kappa shape index (κ3) is 3.79. The molecule has 0 N–H and O–H groups in total. The second-order valence-electron chi connectivity index (χ2n) is 4.54. The van der Waals surface area contributed by atoms with E-state index in [9.17, 15) is 12.8 Å². The molecule has 0 saturated heterocycles. The van der Waals surface area contributed by atoms with Crippen molar-refractivity contribution in [2.75, 3.05) is 20.7 Å². The van der Waals surface area contributed by atoms with Gasteiger partial charge in [-0.2, -0.15) is 0 Å². The number of sulfonamides is 1. The molecule has 1 heterocycles. The van der Waals surface area contributed by atoms with E-state index in [1.165, 1.54) is 50.9 Å². The van der Waals surface area contributed by atoms with Crippen LogP contribution in [0.2, 0.25) is 0 Å². The minimum atomic E-state index is -3.52. The van der Waals surface area contributed by atoms with Crippen molar-refractivity contribution >= 4 is 10.0 Å². The molecule has 8 heteroatoms. The van der Waals surface area contributed by atoms with Gasteiger partial charge in [0, 0.05) is 20.3 Å². The quantitative estimate of drug-likeness (QED) is 0.807. The van der Waals surface area contributed by atoms with Crippen LogP contribution in [-0.4, -0.2) is 43.0 Å². The van der Waals surface area contributed by atoms with Crippen LogP contribution in [0, 0.1) is 5.82 Å². The van der Waals surface area contributed by atoms with Crippen molar-refractivity contribution in [3.63, 3.8) is 0 Å². The standard InChI is InChI=1S/C13H16FN3O3S/c1-16(2)21(18,19)13-9-17(10-15-13)7-8-20-12-5-3-11(14)4-6-12/h3-6,9-10H,7-8H2,1-2H3. The Morgan fingerprint density at radius 2 is 1.95 bits per heavy atom. The summed E-state index contributed by atoms with van der Waals surface area (Å²) < 4.78 is 44.6. The van der Waals surface area contributed by atoms with Crippen molar-refractivity contribution in [2.24, 2.45) is 0 Å². The van der Waals surface area contributed by atoms with Crippen LogP contribution in [0.5, 0.6) is 5.75 Å².